The third kappa shape index (κ3) is 5.84. The average molecular weight is 297 g/mol. The van der Waals surface area contributed by atoms with E-state index in [9.17, 15) is 13.2 Å². The fourth-order valence-electron chi connectivity index (χ4n) is 2.01. The lowest BCUT2D eigenvalue weighted by molar-refractivity contribution is 0.0959. The van der Waals surface area contributed by atoms with Crippen LogP contribution in [0.5, 0.6) is 0 Å². The molecule has 0 heterocycles. The Bertz CT molecular complexity index is 564. The minimum absolute atomic E-state index is 0.0639. The quantitative estimate of drug-likeness (QED) is 0.779. The first-order chi connectivity index (χ1) is 9.19. The Balaban J connectivity index is 2.76. The maximum absolute atomic E-state index is 12.2. The number of sulfone groups is 1. The maximum atomic E-state index is 12.2. The summed E-state index contributed by atoms with van der Waals surface area (Å²) in [7, 11) is -3.09. The van der Waals surface area contributed by atoms with Crippen LogP contribution >= 0.6 is 0 Å². The normalized spacial score (nSPS) is 13.4. The van der Waals surface area contributed by atoms with Crippen LogP contribution in [0.2, 0.25) is 0 Å². The van der Waals surface area contributed by atoms with Crippen molar-refractivity contribution in [2.75, 3.05) is 12.0 Å². The van der Waals surface area contributed by atoms with E-state index in [1.54, 1.807) is 6.07 Å². The van der Waals surface area contributed by atoms with Gasteiger partial charge in [-0.25, -0.2) is 8.42 Å². The van der Waals surface area contributed by atoms with Crippen LogP contribution in [0.3, 0.4) is 0 Å². The predicted octanol–water partition coefficient (Wildman–Crippen LogP) is 1.83. The van der Waals surface area contributed by atoms with Crippen molar-refractivity contribution in [1.82, 2.24) is 0 Å². The smallest absolute Gasteiger partial charge is 0.179 e. The Hall–Kier alpha value is -1.20. The fraction of sp³-hybridized carbons (Fsp3) is 0.533. The number of carbonyl (C=O) groups is 1. The third-order valence-corrected chi connectivity index (χ3v) is 3.97. The van der Waals surface area contributed by atoms with Crippen LogP contribution in [0.1, 0.15) is 36.2 Å². The maximum Gasteiger partial charge on any atom is 0.179 e. The second-order valence-electron chi connectivity index (χ2n) is 5.69. The molecule has 2 N–H and O–H groups in total. The zero-order valence-corrected chi connectivity index (χ0v) is 13.1. The number of nitrogens with two attached hydrogens (primary N) is 1. The predicted molar refractivity (Wildman–Crippen MR) is 81.6 cm³/mol. The first-order valence-electron chi connectivity index (χ1n) is 6.75. The number of rotatable bonds is 7. The van der Waals surface area contributed by atoms with Crippen molar-refractivity contribution in [2.24, 2.45) is 11.7 Å². The molecule has 20 heavy (non-hydrogen) atoms. The van der Waals surface area contributed by atoms with E-state index in [2.05, 4.69) is 13.8 Å². The SMILES string of the molecule is CC(C)Cc1cccc(C(=O)C(N)CCS(C)(=O)=O)c1. The van der Waals surface area contributed by atoms with Gasteiger partial charge < -0.3 is 5.73 Å². The molecule has 1 rings (SSSR count). The van der Waals surface area contributed by atoms with Crippen LogP contribution in [-0.2, 0) is 16.3 Å². The van der Waals surface area contributed by atoms with Crippen LogP contribution in [0.15, 0.2) is 24.3 Å². The Labute approximate surface area is 121 Å². The van der Waals surface area contributed by atoms with Crippen LogP contribution in [0.4, 0.5) is 0 Å². The van der Waals surface area contributed by atoms with Crippen molar-refractivity contribution in [3.63, 3.8) is 0 Å². The molecule has 1 aromatic carbocycles. The van der Waals surface area contributed by atoms with Gasteiger partial charge >= 0.3 is 0 Å². The molecule has 0 bridgehead atoms. The highest BCUT2D eigenvalue weighted by Crippen LogP contribution is 2.13. The second kappa shape index (κ2) is 6.99. The summed E-state index contributed by atoms with van der Waals surface area (Å²) in [6, 6.07) is 6.64. The molecular formula is C15H23NO3S. The van der Waals surface area contributed by atoms with Gasteiger partial charge in [-0.3, -0.25) is 4.79 Å². The first kappa shape index (κ1) is 16.9. The molecular weight excluding hydrogens is 274 g/mol. The Morgan fingerprint density at radius 1 is 1.30 bits per heavy atom. The summed E-state index contributed by atoms with van der Waals surface area (Å²) in [5, 5.41) is 0. The summed E-state index contributed by atoms with van der Waals surface area (Å²) in [6.45, 7) is 4.23. The van der Waals surface area contributed by atoms with Crippen LogP contribution < -0.4 is 5.73 Å². The number of hydrogen-bond donors (Lipinski definition) is 1. The van der Waals surface area contributed by atoms with E-state index >= 15 is 0 Å². The van der Waals surface area contributed by atoms with E-state index < -0.39 is 15.9 Å². The van der Waals surface area contributed by atoms with E-state index in [-0.39, 0.29) is 18.0 Å². The lowest BCUT2D eigenvalue weighted by atomic mass is 9.97. The van der Waals surface area contributed by atoms with E-state index in [1.165, 1.54) is 0 Å². The molecule has 0 aliphatic carbocycles. The second-order valence-corrected chi connectivity index (χ2v) is 7.95. The van der Waals surface area contributed by atoms with Crippen molar-refractivity contribution in [3.8, 4) is 0 Å². The standard InChI is InChI=1S/C15H23NO3S/c1-11(2)9-12-5-4-6-13(10-12)15(17)14(16)7-8-20(3,18)19/h4-6,10-11,14H,7-9,16H2,1-3H3. The summed E-state index contributed by atoms with van der Waals surface area (Å²) in [4.78, 5) is 12.2. The van der Waals surface area contributed by atoms with Crippen molar-refractivity contribution < 1.29 is 13.2 Å². The topological polar surface area (TPSA) is 77.2 Å². The molecule has 112 valence electrons. The van der Waals surface area contributed by atoms with Gasteiger partial charge in [0.2, 0.25) is 0 Å². The number of benzene rings is 1. The van der Waals surface area contributed by atoms with Gasteiger partial charge in [-0.1, -0.05) is 32.0 Å². The molecule has 1 unspecified atom stereocenters. The molecule has 0 saturated carbocycles. The van der Waals surface area contributed by atoms with Crippen molar-refractivity contribution in [1.29, 1.82) is 0 Å². The summed E-state index contributed by atoms with van der Waals surface area (Å²) < 4.78 is 22.2. The summed E-state index contributed by atoms with van der Waals surface area (Å²) in [6.07, 6.45) is 2.21. The van der Waals surface area contributed by atoms with E-state index in [1.807, 2.05) is 18.2 Å². The highest BCUT2D eigenvalue weighted by molar-refractivity contribution is 7.90. The van der Waals surface area contributed by atoms with Crippen molar-refractivity contribution in [2.45, 2.75) is 32.7 Å². The van der Waals surface area contributed by atoms with Crippen molar-refractivity contribution >= 4 is 15.6 Å². The lowest BCUT2D eigenvalue weighted by Crippen LogP contribution is -2.32. The number of ketones is 1. The molecule has 0 amide bonds. The average Bonchev–Trinajstić information content (AvgIpc) is 2.33. The van der Waals surface area contributed by atoms with E-state index in [4.69, 9.17) is 5.73 Å². The minimum Gasteiger partial charge on any atom is -0.321 e. The van der Waals surface area contributed by atoms with E-state index in [0.717, 1.165) is 18.2 Å². The fourth-order valence-corrected chi connectivity index (χ4v) is 2.69. The third-order valence-electron chi connectivity index (χ3n) is 2.99. The molecule has 0 aliphatic rings. The van der Waals surface area contributed by atoms with Gasteiger partial charge in [0, 0.05) is 11.8 Å². The van der Waals surface area contributed by atoms with E-state index in [0.29, 0.717) is 11.5 Å². The van der Waals surface area contributed by atoms with Gasteiger partial charge in [0.1, 0.15) is 9.84 Å². The van der Waals surface area contributed by atoms with Gasteiger partial charge in [0.05, 0.1) is 11.8 Å². The van der Waals surface area contributed by atoms with Crippen LogP contribution in [0, 0.1) is 5.92 Å². The molecule has 0 aromatic heterocycles. The van der Waals surface area contributed by atoms with Gasteiger partial charge in [0.15, 0.2) is 5.78 Å². The Morgan fingerprint density at radius 2 is 1.95 bits per heavy atom. The first-order valence-corrected chi connectivity index (χ1v) is 8.81. The minimum atomic E-state index is -3.09. The molecule has 1 aromatic rings. The van der Waals surface area contributed by atoms with Gasteiger partial charge in [0.25, 0.3) is 0 Å². The largest absolute Gasteiger partial charge is 0.321 e. The number of Topliss-reactive ketones (excluding diaryl/α,β-unsaturated/α-hetero) is 1. The zero-order valence-electron chi connectivity index (χ0n) is 12.3. The highest BCUT2D eigenvalue weighted by Gasteiger charge is 2.18. The van der Waals surface area contributed by atoms with Gasteiger partial charge in [-0.15, -0.1) is 0 Å². The molecule has 0 spiro atoms. The molecule has 0 fully saturated rings. The Morgan fingerprint density at radius 3 is 2.50 bits per heavy atom. The van der Waals surface area contributed by atoms with Crippen LogP contribution in [0.25, 0.3) is 0 Å². The molecule has 0 radical (unpaired) electrons. The molecule has 4 nitrogen and oxygen atoms in total. The summed E-state index contributed by atoms with van der Waals surface area (Å²) in [5.41, 5.74) is 7.45. The van der Waals surface area contributed by atoms with Crippen molar-refractivity contribution in [3.05, 3.63) is 35.4 Å². The monoisotopic (exact) mass is 297 g/mol. The number of hydrogen-bond acceptors (Lipinski definition) is 4. The molecule has 0 saturated heterocycles. The zero-order chi connectivity index (χ0) is 15.3. The lowest BCUT2D eigenvalue weighted by Gasteiger charge is -2.11. The molecule has 5 heteroatoms. The highest BCUT2D eigenvalue weighted by atomic mass is 32.2. The summed E-state index contributed by atoms with van der Waals surface area (Å²) >= 11 is 0. The van der Waals surface area contributed by atoms with Gasteiger partial charge in [-0.2, -0.15) is 0 Å². The molecule has 0 aliphatic heterocycles. The van der Waals surface area contributed by atoms with Crippen LogP contribution in [-0.4, -0.2) is 32.3 Å². The Kier molecular flexibility index (Phi) is 5.89. The van der Waals surface area contributed by atoms with Gasteiger partial charge in [-0.05, 0) is 30.4 Å². The number of carbonyl (C=O) groups excluding carboxylic acids is 1. The molecule has 1 atom stereocenters. The summed E-state index contributed by atoms with van der Waals surface area (Å²) in [5.74, 6) is 0.254.